The number of sulfonamides is 1. The van der Waals surface area contributed by atoms with E-state index in [9.17, 15) is 18.3 Å². The molecule has 2 heterocycles. The number of aliphatic hydroxyl groups excluding tert-OH is 1. The Labute approximate surface area is 237 Å². The van der Waals surface area contributed by atoms with E-state index in [-0.39, 0.29) is 60.4 Å². The number of nitrogens with two attached hydrogens (primary N) is 1. The molecule has 0 bridgehead atoms. The van der Waals surface area contributed by atoms with Crippen molar-refractivity contribution in [3.05, 3.63) is 70.7 Å². The van der Waals surface area contributed by atoms with Gasteiger partial charge in [0.15, 0.2) is 5.58 Å². The number of nitrogens with zero attached hydrogens (tertiary/aromatic N) is 3. The van der Waals surface area contributed by atoms with Crippen LogP contribution in [-0.4, -0.2) is 53.0 Å². The summed E-state index contributed by atoms with van der Waals surface area (Å²) >= 11 is 1.40. The van der Waals surface area contributed by atoms with Gasteiger partial charge < -0.3 is 20.0 Å². The summed E-state index contributed by atoms with van der Waals surface area (Å²) in [4.78, 5) is 21.4. The number of benzene rings is 2. The van der Waals surface area contributed by atoms with Gasteiger partial charge in [-0.15, -0.1) is 11.3 Å². The molecule has 0 unspecified atom stereocenters. The molecular formula is C28H34N4O6S2. The summed E-state index contributed by atoms with van der Waals surface area (Å²) in [5.74, 6) is -0.773. The van der Waals surface area contributed by atoms with Crippen molar-refractivity contribution in [3.63, 3.8) is 0 Å². The van der Waals surface area contributed by atoms with Crippen molar-refractivity contribution in [2.75, 3.05) is 18.8 Å². The van der Waals surface area contributed by atoms with E-state index in [4.69, 9.17) is 14.9 Å². The Bertz CT molecular complexity index is 1490. The number of hydrogen-bond donors (Lipinski definition) is 2. The van der Waals surface area contributed by atoms with Crippen molar-refractivity contribution in [2.45, 2.75) is 50.7 Å². The van der Waals surface area contributed by atoms with Crippen LogP contribution in [0.3, 0.4) is 0 Å². The third-order valence-electron chi connectivity index (χ3n) is 6.44. The van der Waals surface area contributed by atoms with E-state index in [0.717, 1.165) is 10.4 Å². The van der Waals surface area contributed by atoms with Crippen LogP contribution >= 0.6 is 11.3 Å². The summed E-state index contributed by atoms with van der Waals surface area (Å²) < 4.78 is 39.5. The Morgan fingerprint density at radius 2 is 1.95 bits per heavy atom. The van der Waals surface area contributed by atoms with Crippen LogP contribution in [0.25, 0.3) is 11.1 Å². The smallest absolute Gasteiger partial charge is 0.306 e. The third kappa shape index (κ3) is 7.87. The summed E-state index contributed by atoms with van der Waals surface area (Å²) in [6.07, 6.45) is 1.51. The van der Waals surface area contributed by atoms with Crippen molar-refractivity contribution >= 4 is 44.4 Å². The largest absolute Gasteiger partial charge is 0.460 e. The molecule has 2 atom stereocenters. The Balaban J connectivity index is 1.51. The second-order valence-electron chi connectivity index (χ2n) is 10.1. The molecule has 0 spiro atoms. The first-order chi connectivity index (χ1) is 19.1. The summed E-state index contributed by atoms with van der Waals surface area (Å²) in [5.41, 5.74) is 9.00. The molecule has 0 radical (unpaired) electrons. The first kappa shape index (κ1) is 29.7. The van der Waals surface area contributed by atoms with Crippen LogP contribution in [0.5, 0.6) is 0 Å². The maximum absolute atomic E-state index is 13.7. The maximum Gasteiger partial charge on any atom is 0.306 e. The van der Waals surface area contributed by atoms with Crippen LogP contribution < -0.4 is 5.73 Å². The zero-order valence-corrected chi connectivity index (χ0v) is 24.1. The molecular weight excluding hydrogens is 552 g/mol. The molecule has 0 fully saturated rings. The van der Waals surface area contributed by atoms with E-state index in [1.54, 1.807) is 17.8 Å². The molecule has 0 aliphatic heterocycles. The highest BCUT2D eigenvalue weighted by Gasteiger charge is 2.31. The molecule has 0 aliphatic carbocycles. The van der Waals surface area contributed by atoms with Gasteiger partial charge in [-0.25, -0.2) is 8.42 Å². The summed E-state index contributed by atoms with van der Waals surface area (Å²) in [6, 6.07) is 14.0. The van der Waals surface area contributed by atoms with Gasteiger partial charge in [-0.2, -0.15) is 9.29 Å². The van der Waals surface area contributed by atoms with Gasteiger partial charge in [-0.1, -0.05) is 44.2 Å². The van der Waals surface area contributed by atoms with Crippen molar-refractivity contribution in [1.82, 2.24) is 14.3 Å². The summed E-state index contributed by atoms with van der Waals surface area (Å²) in [6.45, 7) is 4.04. The Hall–Kier alpha value is -3.32. The zero-order chi connectivity index (χ0) is 28.7. The average Bonchev–Trinajstić information content (AvgIpc) is 3.58. The van der Waals surface area contributed by atoms with E-state index in [2.05, 4.69) is 9.97 Å². The Morgan fingerprint density at radius 3 is 2.65 bits per heavy atom. The van der Waals surface area contributed by atoms with Crippen molar-refractivity contribution in [1.29, 1.82) is 0 Å². The number of carbonyl (C=O) groups is 1. The zero-order valence-electron chi connectivity index (χ0n) is 22.5. The molecule has 0 amide bonds. The number of carbonyl (C=O) groups excluding carboxylic acids is 1. The molecule has 3 N–H and O–H groups in total. The number of thiazole rings is 1. The van der Waals surface area contributed by atoms with Gasteiger partial charge in [0.25, 0.3) is 6.01 Å². The molecule has 4 aromatic rings. The van der Waals surface area contributed by atoms with E-state index in [0.29, 0.717) is 18.4 Å². The summed E-state index contributed by atoms with van der Waals surface area (Å²) in [5, 5.41) is 11.4. The molecule has 10 nitrogen and oxygen atoms in total. The fourth-order valence-electron chi connectivity index (χ4n) is 4.46. The number of aliphatic hydroxyl groups is 1. The van der Waals surface area contributed by atoms with Gasteiger partial charge in [-0.05, 0) is 42.4 Å². The molecule has 4 rings (SSSR count). The van der Waals surface area contributed by atoms with Crippen LogP contribution in [0.1, 0.15) is 37.1 Å². The van der Waals surface area contributed by atoms with Gasteiger partial charge >= 0.3 is 5.97 Å². The molecule has 12 heteroatoms. The SMILES string of the molecule is CC(C)CN(C[C@H](O)[C@@H](CCC(=O)OCc1cncs1)Cc1ccccc1)S(=O)(=O)c1ccc2nc(N)oc2c1. The minimum Gasteiger partial charge on any atom is -0.460 e. The van der Waals surface area contributed by atoms with Gasteiger partial charge in [0.2, 0.25) is 10.0 Å². The number of hydrogen-bond acceptors (Lipinski definition) is 10. The highest BCUT2D eigenvalue weighted by Crippen LogP contribution is 2.26. The Morgan fingerprint density at radius 1 is 1.18 bits per heavy atom. The first-order valence-electron chi connectivity index (χ1n) is 13.0. The molecule has 2 aromatic carbocycles. The van der Waals surface area contributed by atoms with E-state index < -0.39 is 16.1 Å². The van der Waals surface area contributed by atoms with Crippen LogP contribution in [-0.2, 0) is 32.6 Å². The lowest BCUT2D eigenvalue weighted by Crippen LogP contribution is -2.42. The van der Waals surface area contributed by atoms with Gasteiger partial charge in [0.1, 0.15) is 12.1 Å². The number of esters is 1. The highest BCUT2D eigenvalue weighted by atomic mass is 32.2. The monoisotopic (exact) mass is 586 g/mol. The average molecular weight is 587 g/mol. The minimum absolute atomic E-state index is 0.000854. The van der Waals surface area contributed by atoms with E-state index in [1.165, 1.54) is 27.8 Å². The summed E-state index contributed by atoms with van der Waals surface area (Å²) in [7, 11) is -4.00. The number of oxazole rings is 1. The topological polar surface area (TPSA) is 149 Å². The van der Waals surface area contributed by atoms with Crippen molar-refractivity contribution in [2.24, 2.45) is 11.8 Å². The standard InChI is InChI=1S/C28H34N4O6S2/c1-19(2)15-32(40(35,36)23-9-10-24-26(13-23)38-28(29)31-24)16-25(33)21(12-20-6-4-3-5-7-20)8-11-27(34)37-17-22-14-30-18-39-22/h3-7,9-10,13-14,18-19,21,25,33H,8,11-12,15-17H2,1-2H3,(H2,29,31)/t21-,25-/m0/s1. The number of rotatable bonds is 14. The molecule has 40 heavy (non-hydrogen) atoms. The fourth-order valence-corrected chi connectivity index (χ4v) is 6.60. The highest BCUT2D eigenvalue weighted by molar-refractivity contribution is 7.89. The fraction of sp³-hybridized carbons (Fsp3) is 0.393. The molecule has 0 aliphatic rings. The lowest BCUT2D eigenvalue weighted by molar-refractivity contribution is -0.145. The van der Waals surface area contributed by atoms with Gasteiger partial charge in [-0.3, -0.25) is 9.78 Å². The molecule has 214 valence electrons. The molecule has 0 saturated carbocycles. The minimum atomic E-state index is -4.00. The second kappa shape index (κ2) is 13.4. The number of anilines is 1. The van der Waals surface area contributed by atoms with E-state index >= 15 is 0 Å². The van der Waals surface area contributed by atoms with Crippen LogP contribution in [0.2, 0.25) is 0 Å². The van der Waals surface area contributed by atoms with Gasteiger partial charge in [0, 0.05) is 31.8 Å². The quantitative estimate of drug-likeness (QED) is 0.207. The third-order valence-corrected chi connectivity index (χ3v) is 9.02. The molecule has 0 saturated heterocycles. The number of nitrogen functional groups attached to an aromatic ring is 1. The number of fused-ring (bicyclic) bond motifs is 1. The predicted molar refractivity (Wildman–Crippen MR) is 153 cm³/mol. The Kier molecular flexibility index (Phi) is 9.90. The first-order valence-corrected chi connectivity index (χ1v) is 15.3. The van der Waals surface area contributed by atoms with Crippen LogP contribution in [0.4, 0.5) is 6.01 Å². The lowest BCUT2D eigenvalue weighted by Gasteiger charge is -2.30. The number of ether oxygens (including phenoxy) is 1. The predicted octanol–water partition coefficient (Wildman–Crippen LogP) is 4.26. The number of aromatic nitrogens is 2. The van der Waals surface area contributed by atoms with Crippen LogP contribution in [0.15, 0.2) is 69.6 Å². The van der Waals surface area contributed by atoms with Crippen molar-refractivity contribution in [3.8, 4) is 0 Å². The second-order valence-corrected chi connectivity index (χ2v) is 13.0. The maximum atomic E-state index is 13.7. The van der Waals surface area contributed by atoms with Gasteiger partial charge in [0.05, 0.1) is 21.4 Å². The van der Waals surface area contributed by atoms with E-state index in [1.807, 2.05) is 44.2 Å². The van der Waals surface area contributed by atoms with Crippen molar-refractivity contribution < 1.29 is 27.5 Å². The molecule has 2 aromatic heterocycles. The lowest BCUT2D eigenvalue weighted by atomic mass is 9.89. The normalized spacial score (nSPS) is 13.6. The van der Waals surface area contributed by atoms with Crippen LogP contribution in [0, 0.1) is 11.8 Å².